The first-order valence-corrected chi connectivity index (χ1v) is 12.4. The molecule has 0 bridgehead atoms. The molecular formula is C28H37N5O2. The van der Waals surface area contributed by atoms with E-state index in [1.165, 1.54) is 0 Å². The van der Waals surface area contributed by atoms with Gasteiger partial charge in [0.2, 0.25) is 5.91 Å². The number of ether oxygens (including phenoxy) is 1. The van der Waals surface area contributed by atoms with Crippen LogP contribution in [0.4, 0.5) is 5.69 Å². The highest BCUT2D eigenvalue weighted by Crippen LogP contribution is 2.43. The summed E-state index contributed by atoms with van der Waals surface area (Å²) >= 11 is 0. The van der Waals surface area contributed by atoms with Crippen LogP contribution in [0.1, 0.15) is 53.0 Å². The molecule has 0 fully saturated rings. The van der Waals surface area contributed by atoms with E-state index in [2.05, 4.69) is 63.3 Å². The van der Waals surface area contributed by atoms with Gasteiger partial charge in [-0.05, 0) is 59.7 Å². The molecule has 186 valence electrons. The third-order valence-corrected chi connectivity index (χ3v) is 6.43. The minimum atomic E-state index is -0.353. The molecule has 0 saturated heterocycles. The number of nitrogens with zero attached hydrogens (tertiary/aromatic N) is 4. The summed E-state index contributed by atoms with van der Waals surface area (Å²) < 4.78 is 8.06. The Labute approximate surface area is 208 Å². The fourth-order valence-electron chi connectivity index (χ4n) is 4.48. The number of hydrogen-bond donors (Lipinski definition) is 1. The van der Waals surface area contributed by atoms with E-state index in [1.807, 2.05) is 47.0 Å². The highest BCUT2D eigenvalue weighted by molar-refractivity contribution is 6.00. The molecule has 0 saturated carbocycles. The van der Waals surface area contributed by atoms with E-state index in [9.17, 15) is 4.79 Å². The fourth-order valence-corrected chi connectivity index (χ4v) is 4.48. The van der Waals surface area contributed by atoms with Gasteiger partial charge in [-0.3, -0.25) is 4.79 Å². The number of benzene rings is 2. The van der Waals surface area contributed by atoms with Crippen LogP contribution in [0.5, 0.6) is 0 Å². The molecule has 4 rings (SSSR count). The average Bonchev–Trinajstić information content (AvgIpc) is 3.24. The zero-order valence-corrected chi connectivity index (χ0v) is 21.8. The first-order valence-electron chi connectivity index (χ1n) is 12.4. The molecule has 1 aromatic heterocycles. The Hall–Kier alpha value is -3.03. The minimum absolute atomic E-state index is 0.0851. The molecule has 0 atom stereocenters. The summed E-state index contributed by atoms with van der Waals surface area (Å²) in [6, 6.07) is 16.3. The lowest BCUT2D eigenvalue weighted by atomic mass is 9.93. The van der Waals surface area contributed by atoms with Gasteiger partial charge in [-0.25, -0.2) is 4.68 Å². The highest BCUT2D eigenvalue weighted by atomic mass is 16.5. The molecule has 2 aromatic carbocycles. The lowest BCUT2D eigenvalue weighted by Gasteiger charge is -2.32. The van der Waals surface area contributed by atoms with E-state index in [-0.39, 0.29) is 17.0 Å². The molecule has 7 heteroatoms. The summed E-state index contributed by atoms with van der Waals surface area (Å²) in [5.74, 6) is 0.0851. The number of amides is 1. The van der Waals surface area contributed by atoms with Crippen LogP contribution in [-0.4, -0.2) is 46.7 Å². The van der Waals surface area contributed by atoms with Gasteiger partial charge in [0.1, 0.15) is 5.69 Å². The number of para-hydroxylation sites is 1. The number of aromatic nitrogens is 3. The topological polar surface area (TPSA) is 72.3 Å². The molecule has 0 aliphatic carbocycles. The van der Waals surface area contributed by atoms with Gasteiger partial charge in [-0.15, -0.1) is 5.10 Å². The highest BCUT2D eigenvalue weighted by Gasteiger charge is 2.33. The fraction of sp³-hybridized carbons (Fsp3) is 0.464. The van der Waals surface area contributed by atoms with E-state index in [4.69, 9.17) is 9.84 Å². The summed E-state index contributed by atoms with van der Waals surface area (Å²) in [5, 5.41) is 12.5. The van der Waals surface area contributed by atoms with E-state index < -0.39 is 0 Å². The Morgan fingerprint density at radius 2 is 1.71 bits per heavy atom. The normalized spacial score (nSPS) is 13.5. The van der Waals surface area contributed by atoms with Gasteiger partial charge in [-0.1, -0.05) is 47.7 Å². The predicted octanol–water partition coefficient (Wildman–Crippen LogP) is 5.01. The van der Waals surface area contributed by atoms with Crippen molar-refractivity contribution in [1.82, 2.24) is 20.3 Å². The number of rotatable bonds is 7. The van der Waals surface area contributed by atoms with Crippen LogP contribution in [-0.2, 0) is 21.6 Å². The maximum atomic E-state index is 13.4. The van der Waals surface area contributed by atoms with Crippen LogP contribution in [0.15, 0.2) is 48.5 Å². The van der Waals surface area contributed by atoms with E-state index in [0.717, 1.165) is 40.2 Å². The maximum Gasteiger partial charge on any atom is 0.228 e. The molecule has 0 spiro atoms. The quantitative estimate of drug-likeness (QED) is 0.520. The monoisotopic (exact) mass is 475 g/mol. The lowest BCUT2D eigenvalue weighted by molar-refractivity contribution is -0.118. The number of carbonyl (C=O) groups is 1. The summed E-state index contributed by atoms with van der Waals surface area (Å²) in [4.78, 5) is 15.3. The van der Waals surface area contributed by atoms with Crippen molar-refractivity contribution in [1.29, 1.82) is 0 Å². The predicted molar refractivity (Wildman–Crippen MR) is 140 cm³/mol. The second-order valence-electron chi connectivity index (χ2n) is 10.7. The van der Waals surface area contributed by atoms with Crippen molar-refractivity contribution in [3.05, 3.63) is 54.1 Å². The zero-order valence-electron chi connectivity index (χ0n) is 21.8. The Bertz CT molecular complexity index is 1190. The summed E-state index contributed by atoms with van der Waals surface area (Å²) in [6.07, 6.45) is 1.20. The third kappa shape index (κ3) is 5.31. The van der Waals surface area contributed by atoms with Gasteiger partial charge in [0.15, 0.2) is 0 Å². The van der Waals surface area contributed by atoms with E-state index in [1.54, 1.807) is 0 Å². The summed E-state index contributed by atoms with van der Waals surface area (Å²) in [6.45, 7) is 12.3. The van der Waals surface area contributed by atoms with Crippen molar-refractivity contribution >= 4 is 11.6 Å². The van der Waals surface area contributed by atoms with Crippen LogP contribution in [0.3, 0.4) is 0 Å². The van der Waals surface area contributed by atoms with Crippen molar-refractivity contribution < 1.29 is 9.53 Å². The second-order valence-corrected chi connectivity index (χ2v) is 10.7. The van der Waals surface area contributed by atoms with E-state index >= 15 is 0 Å². The number of fused-ring (bicyclic) bond motifs is 5. The Balaban J connectivity index is 1.87. The second kappa shape index (κ2) is 9.91. The molecule has 0 radical (unpaired) electrons. The number of hydrogen-bond acceptors (Lipinski definition) is 5. The summed E-state index contributed by atoms with van der Waals surface area (Å²) in [7, 11) is 1.87. The lowest BCUT2D eigenvalue weighted by Crippen LogP contribution is -2.34. The third-order valence-electron chi connectivity index (χ3n) is 6.43. The van der Waals surface area contributed by atoms with Crippen molar-refractivity contribution in [3.63, 3.8) is 0 Å². The molecule has 1 aliphatic rings. The molecule has 0 unspecified atom stereocenters. The number of nitrogens with one attached hydrogen (secondary N) is 1. The Morgan fingerprint density at radius 1 is 1.03 bits per heavy atom. The van der Waals surface area contributed by atoms with Gasteiger partial charge in [0, 0.05) is 30.7 Å². The number of anilines is 1. The SMILES string of the molecule is CNCCC(=O)N1Cc2ccccc2-c2nnn(C(C)(C)CCOC(C)(C)C)c2-c2ccccc21. The van der Waals surface area contributed by atoms with Crippen LogP contribution in [0.25, 0.3) is 22.5 Å². The Kier molecular flexibility index (Phi) is 7.10. The maximum absolute atomic E-state index is 13.4. The number of carbonyl (C=O) groups excluding carboxylic acids is 1. The van der Waals surface area contributed by atoms with Gasteiger partial charge in [0.05, 0.1) is 29.1 Å². The molecule has 1 amide bonds. The van der Waals surface area contributed by atoms with Crippen molar-refractivity contribution in [2.75, 3.05) is 25.1 Å². The molecular weight excluding hydrogens is 438 g/mol. The van der Waals surface area contributed by atoms with Crippen molar-refractivity contribution in [2.24, 2.45) is 0 Å². The van der Waals surface area contributed by atoms with Crippen LogP contribution in [0, 0.1) is 0 Å². The minimum Gasteiger partial charge on any atom is -0.376 e. The first-order chi connectivity index (χ1) is 16.6. The first kappa shape index (κ1) is 25.1. The summed E-state index contributed by atoms with van der Waals surface area (Å²) in [5.41, 5.74) is 5.14. The van der Waals surface area contributed by atoms with Gasteiger partial charge in [0.25, 0.3) is 0 Å². The Morgan fingerprint density at radius 3 is 2.43 bits per heavy atom. The standard InChI is InChI=1S/C28H37N5O2/c1-27(2,3)35-18-16-28(4,5)33-26-22-13-9-10-14-23(22)32(24(34)15-17-29-6)19-20-11-7-8-12-21(20)25(26)30-31-33/h7-14,29H,15-19H2,1-6H3. The average molecular weight is 476 g/mol. The van der Waals surface area contributed by atoms with Crippen molar-refractivity contribution in [2.45, 2.75) is 65.1 Å². The van der Waals surface area contributed by atoms with Crippen LogP contribution in [0.2, 0.25) is 0 Å². The molecule has 1 N–H and O–H groups in total. The molecule has 2 heterocycles. The van der Waals surface area contributed by atoms with Crippen LogP contribution >= 0.6 is 0 Å². The van der Waals surface area contributed by atoms with Gasteiger partial charge >= 0.3 is 0 Å². The molecule has 7 nitrogen and oxygen atoms in total. The van der Waals surface area contributed by atoms with Crippen LogP contribution < -0.4 is 10.2 Å². The molecule has 3 aromatic rings. The zero-order chi connectivity index (χ0) is 25.2. The molecule has 35 heavy (non-hydrogen) atoms. The largest absolute Gasteiger partial charge is 0.376 e. The smallest absolute Gasteiger partial charge is 0.228 e. The van der Waals surface area contributed by atoms with Gasteiger partial charge < -0.3 is 15.0 Å². The van der Waals surface area contributed by atoms with Crippen molar-refractivity contribution in [3.8, 4) is 22.5 Å². The van der Waals surface area contributed by atoms with Gasteiger partial charge in [-0.2, -0.15) is 0 Å². The molecule has 1 aliphatic heterocycles. The van der Waals surface area contributed by atoms with E-state index in [0.29, 0.717) is 26.1 Å².